The Morgan fingerprint density at radius 3 is 2.65 bits per heavy atom. The van der Waals surface area contributed by atoms with E-state index in [-0.39, 0.29) is 0 Å². The number of ether oxygens (including phenoxy) is 1. The number of hydrogen-bond acceptors (Lipinski definition) is 5. The van der Waals surface area contributed by atoms with Crippen molar-refractivity contribution in [3.05, 3.63) is 28.6 Å². The van der Waals surface area contributed by atoms with Gasteiger partial charge in [0.05, 0.1) is 5.69 Å². The quantitative estimate of drug-likeness (QED) is 0.798. The zero-order valence-electron chi connectivity index (χ0n) is 11.7. The Balaban J connectivity index is 2.24. The summed E-state index contributed by atoms with van der Waals surface area (Å²) in [6, 6.07) is 3.65. The molecule has 2 aromatic rings. The molecule has 0 N–H and O–H groups in total. The van der Waals surface area contributed by atoms with E-state index in [1.54, 1.807) is 26.8 Å². The first-order valence-electron chi connectivity index (χ1n) is 6.05. The molecule has 0 saturated heterocycles. The van der Waals surface area contributed by atoms with E-state index in [2.05, 4.69) is 31.0 Å². The molecular formula is C13H15BrN4O2. The minimum absolute atomic E-state index is 0.381. The number of aryl methyl sites for hydroxylation is 1. The van der Waals surface area contributed by atoms with Crippen molar-refractivity contribution in [1.29, 1.82) is 0 Å². The van der Waals surface area contributed by atoms with Crippen LogP contribution in [0, 0.1) is 6.92 Å². The summed E-state index contributed by atoms with van der Waals surface area (Å²) in [7, 11) is 0. The molecule has 7 heteroatoms. The van der Waals surface area contributed by atoms with Crippen LogP contribution in [0.5, 0.6) is 0 Å². The number of carbonyl (C=O) groups is 1. The first kappa shape index (κ1) is 14.6. The van der Waals surface area contributed by atoms with E-state index >= 15 is 0 Å². The van der Waals surface area contributed by atoms with Crippen molar-refractivity contribution < 1.29 is 9.53 Å². The summed E-state index contributed by atoms with van der Waals surface area (Å²) in [4.78, 5) is 20.3. The monoisotopic (exact) mass is 338 g/mol. The Kier molecular flexibility index (Phi) is 3.89. The fourth-order valence-corrected chi connectivity index (χ4v) is 1.67. The molecule has 6 nitrogen and oxygen atoms in total. The van der Waals surface area contributed by atoms with Gasteiger partial charge in [0.25, 0.3) is 0 Å². The van der Waals surface area contributed by atoms with E-state index < -0.39 is 11.7 Å². The van der Waals surface area contributed by atoms with Crippen LogP contribution < -0.4 is 0 Å². The van der Waals surface area contributed by atoms with Crippen molar-refractivity contribution >= 4 is 22.0 Å². The largest absolute Gasteiger partial charge is 0.442 e. The van der Waals surface area contributed by atoms with Crippen molar-refractivity contribution in [3.63, 3.8) is 0 Å². The average molecular weight is 339 g/mol. The maximum Gasteiger partial charge on any atom is 0.436 e. The summed E-state index contributed by atoms with van der Waals surface area (Å²) in [6.45, 7) is 7.26. The summed E-state index contributed by atoms with van der Waals surface area (Å²) >= 11 is 3.38. The normalized spacial score (nSPS) is 11.4. The number of pyridine rings is 1. The third-order valence-corrected chi connectivity index (χ3v) is 3.16. The van der Waals surface area contributed by atoms with Crippen LogP contribution in [0.25, 0.3) is 11.5 Å². The molecule has 0 spiro atoms. The SMILES string of the molecule is Cc1nc(-c2ncn(C(=O)OC(C)(C)C)n2)ccc1Br. The summed E-state index contributed by atoms with van der Waals surface area (Å²) < 4.78 is 7.19. The third kappa shape index (κ3) is 3.41. The van der Waals surface area contributed by atoms with E-state index in [0.717, 1.165) is 14.8 Å². The lowest BCUT2D eigenvalue weighted by Gasteiger charge is -2.18. The molecule has 0 aliphatic heterocycles. The molecule has 0 aliphatic rings. The van der Waals surface area contributed by atoms with E-state index in [1.807, 2.05) is 13.0 Å². The lowest BCUT2D eigenvalue weighted by Crippen LogP contribution is -2.27. The standard InChI is InChI=1S/C13H15BrN4O2/c1-8-9(14)5-6-10(16-8)11-15-7-18(17-11)12(19)20-13(2,3)4/h5-7H,1-4H3. The van der Waals surface area contributed by atoms with Crippen LogP contribution in [0.15, 0.2) is 22.9 Å². The van der Waals surface area contributed by atoms with Crippen LogP contribution >= 0.6 is 15.9 Å². The second-order valence-electron chi connectivity index (χ2n) is 5.26. The van der Waals surface area contributed by atoms with Gasteiger partial charge in [-0.15, -0.1) is 5.10 Å². The molecule has 0 aliphatic carbocycles. The van der Waals surface area contributed by atoms with Gasteiger partial charge in [0.15, 0.2) is 5.82 Å². The fourth-order valence-electron chi connectivity index (χ4n) is 1.45. The van der Waals surface area contributed by atoms with Crippen molar-refractivity contribution in [2.75, 3.05) is 0 Å². The van der Waals surface area contributed by atoms with E-state index in [4.69, 9.17) is 4.74 Å². The molecule has 0 aromatic carbocycles. The highest BCUT2D eigenvalue weighted by molar-refractivity contribution is 9.10. The van der Waals surface area contributed by atoms with Crippen LogP contribution in [-0.4, -0.2) is 31.4 Å². The van der Waals surface area contributed by atoms with E-state index in [1.165, 1.54) is 6.33 Å². The molecule has 2 aromatic heterocycles. The van der Waals surface area contributed by atoms with E-state index in [0.29, 0.717) is 11.5 Å². The molecule has 0 amide bonds. The topological polar surface area (TPSA) is 69.9 Å². The Bertz CT molecular complexity index is 646. The maximum atomic E-state index is 11.8. The number of carbonyl (C=O) groups excluding carboxylic acids is 1. The van der Waals surface area contributed by atoms with Crippen LogP contribution in [0.3, 0.4) is 0 Å². The molecule has 0 bridgehead atoms. The van der Waals surface area contributed by atoms with Crippen LogP contribution in [0.4, 0.5) is 4.79 Å². The molecule has 20 heavy (non-hydrogen) atoms. The van der Waals surface area contributed by atoms with Gasteiger partial charge in [-0.05, 0) is 55.8 Å². The first-order valence-corrected chi connectivity index (χ1v) is 6.84. The highest BCUT2D eigenvalue weighted by Crippen LogP contribution is 2.19. The summed E-state index contributed by atoms with van der Waals surface area (Å²) in [6.07, 6.45) is 0.757. The van der Waals surface area contributed by atoms with Gasteiger partial charge in [0.1, 0.15) is 17.6 Å². The Morgan fingerprint density at radius 2 is 2.05 bits per heavy atom. The van der Waals surface area contributed by atoms with Crippen molar-refractivity contribution in [3.8, 4) is 11.5 Å². The number of nitrogens with zero attached hydrogens (tertiary/aromatic N) is 4. The zero-order chi connectivity index (χ0) is 14.9. The Morgan fingerprint density at radius 1 is 1.35 bits per heavy atom. The van der Waals surface area contributed by atoms with Crippen LogP contribution in [-0.2, 0) is 4.74 Å². The molecular weight excluding hydrogens is 324 g/mol. The van der Waals surface area contributed by atoms with E-state index in [9.17, 15) is 4.79 Å². The summed E-state index contributed by atoms with van der Waals surface area (Å²) in [5, 5.41) is 4.09. The van der Waals surface area contributed by atoms with Crippen LogP contribution in [0.2, 0.25) is 0 Å². The number of rotatable bonds is 1. The molecule has 0 radical (unpaired) electrons. The zero-order valence-corrected chi connectivity index (χ0v) is 13.3. The predicted octanol–water partition coefficient (Wildman–Crippen LogP) is 3.19. The smallest absolute Gasteiger partial charge is 0.436 e. The Labute approximate surface area is 125 Å². The molecule has 0 atom stereocenters. The molecule has 0 unspecified atom stereocenters. The summed E-state index contributed by atoms with van der Waals surface area (Å²) in [5.74, 6) is 0.381. The third-order valence-electron chi connectivity index (χ3n) is 2.32. The number of hydrogen-bond donors (Lipinski definition) is 0. The highest BCUT2D eigenvalue weighted by atomic mass is 79.9. The van der Waals surface area contributed by atoms with Crippen LogP contribution in [0.1, 0.15) is 26.5 Å². The summed E-state index contributed by atoms with van der Waals surface area (Å²) in [5.41, 5.74) is 0.861. The minimum Gasteiger partial charge on any atom is -0.442 e. The van der Waals surface area contributed by atoms with Gasteiger partial charge >= 0.3 is 6.09 Å². The maximum absolute atomic E-state index is 11.8. The molecule has 0 saturated carbocycles. The fraction of sp³-hybridized carbons (Fsp3) is 0.385. The predicted molar refractivity (Wildman–Crippen MR) is 77.3 cm³/mol. The highest BCUT2D eigenvalue weighted by Gasteiger charge is 2.19. The molecule has 2 rings (SSSR count). The molecule has 106 valence electrons. The first-order chi connectivity index (χ1) is 9.26. The van der Waals surface area contributed by atoms with Crippen molar-refractivity contribution in [2.45, 2.75) is 33.3 Å². The van der Waals surface area contributed by atoms with Gasteiger partial charge in [-0.1, -0.05) is 0 Å². The molecule has 2 heterocycles. The average Bonchev–Trinajstić information content (AvgIpc) is 2.80. The second kappa shape index (κ2) is 5.32. The van der Waals surface area contributed by atoms with Crippen molar-refractivity contribution in [2.24, 2.45) is 0 Å². The van der Waals surface area contributed by atoms with Gasteiger partial charge in [-0.25, -0.2) is 14.8 Å². The van der Waals surface area contributed by atoms with Gasteiger partial charge in [0, 0.05) is 4.47 Å². The van der Waals surface area contributed by atoms with Gasteiger partial charge < -0.3 is 4.74 Å². The lowest BCUT2D eigenvalue weighted by molar-refractivity contribution is 0.0514. The molecule has 0 fully saturated rings. The van der Waals surface area contributed by atoms with Crippen molar-refractivity contribution in [1.82, 2.24) is 19.7 Å². The second-order valence-corrected chi connectivity index (χ2v) is 6.11. The lowest BCUT2D eigenvalue weighted by atomic mass is 10.2. The van der Waals surface area contributed by atoms with Gasteiger partial charge in [0.2, 0.25) is 0 Å². The van der Waals surface area contributed by atoms with Gasteiger partial charge in [-0.2, -0.15) is 4.68 Å². The van der Waals surface area contributed by atoms with Gasteiger partial charge in [-0.3, -0.25) is 0 Å². The number of halogens is 1. The minimum atomic E-state index is -0.574. The number of aromatic nitrogens is 4. The Hall–Kier alpha value is -1.76.